The Kier molecular flexibility index (Phi) is 2.96. The Balaban J connectivity index is 2.23. The maximum Gasteiger partial charge on any atom is 0.153 e. The van der Waals surface area contributed by atoms with E-state index in [4.69, 9.17) is 0 Å². The standard InChI is InChI=1S/C13H6F3IN2/c14-6-1-2-8(10(17)4-6)13-18-11-5-7(15)3-9(16)12(11)19-13/h1-5H,(H,18,19). The van der Waals surface area contributed by atoms with Gasteiger partial charge < -0.3 is 4.98 Å². The molecular formula is C13H6F3IN2. The fraction of sp³-hybridized carbons (Fsp3) is 0. The zero-order chi connectivity index (χ0) is 13.6. The van der Waals surface area contributed by atoms with Crippen molar-refractivity contribution < 1.29 is 13.2 Å². The Hall–Kier alpha value is -1.57. The number of nitrogens with zero attached hydrogens (tertiary/aromatic N) is 1. The number of hydrogen-bond acceptors (Lipinski definition) is 1. The van der Waals surface area contributed by atoms with E-state index < -0.39 is 11.6 Å². The molecule has 0 radical (unpaired) electrons. The molecule has 96 valence electrons. The van der Waals surface area contributed by atoms with E-state index in [0.717, 1.165) is 6.07 Å². The van der Waals surface area contributed by atoms with Gasteiger partial charge in [0, 0.05) is 15.2 Å². The summed E-state index contributed by atoms with van der Waals surface area (Å²) < 4.78 is 40.3. The SMILES string of the molecule is Fc1ccc(-c2nc3c(F)cc(F)cc3[nH]2)c(I)c1. The molecule has 3 aromatic rings. The lowest BCUT2D eigenvalue weighted by molar-refractivity contribution is 0.590. The lowest BCUT2D eigenvalue weighted by Crippen LogP contribution is -1.86. The van der Waals surface area contributed by atoms with Crippen molar-refractivity contribution in [2.45, 2.75) is 0 Å². The molecule has 3 rings (SSSR count). The minimum atomic E-state index is -0.727. The lowest BCUT2D eigenvalue weighted by Gasteiger charge is -2.00. The first-order chi connectivity index (χ1) is 9.04. The van der Waals surface area contributed by atoms with Gasteiger partial charge in [-0.05, 0) is 46.9 Å². The molecule has 0 unspecified atom stereocenters. The van der Waals surface area contributed by atoms with Gasteiger partial charge in [-0.15, -0.1) is 0 Å². The molecule has 1 aromatic heterocycles. The van der Waals surface area contributed by atoms with Gasteiger partial charge in [0.25, 0.3) is 0 Å². The van der Waals surface area contributed by atoms with Crippen LogP contribution in [0.1, 0.15) is 0 Å². The molecule has 0 amide bonds. The second-order valence-electron chi connectivity index (χ2n) is 3.99. The summed E-state index contributed by atoms with van der Waals surface area (Å²) in [5.41, 5.74) is 0.974. The van der Waals surface area contributed by atoms with Crippen LogP contribution in [0.25, 0.3) is 22.4 Å². The summed E-state index contributed by atoms with van der Waals surface area (Å²) in [5, 5.41) is 0. The molecule has 0 aliphatic carbocycles. The van der Waals surface area contributed by atoms with Gasteiger partial charge in [0.1, 0.15) is 23.0 Å². The van der Waals surface area contributed by atoms with Crippen LogP contribution in [0.3, 0.4) is 0 Å². The van der Waals surface area contributed by atoms with E-state index in [1.165, 1.54) is 18.2 Å². The number of aromatic nitrogens is 2. The van der Waals surface area contributed by atoms with E-state index in [0.29, 0.717) is 15.0 Å². The normalized spacial score (nSPS) is 11.2. The summed E-state index contributed by atoms with van der Waals surface area (Å²) in [5.74, 6) is -1.38. The molecule has 0 aliphatic heterocycles. The first kappa shape index (κ1) is 12.5. The predicted molar refractivity (Wildman–Crippen MR) is 74.1 cm³/mol. The molecule has 0 fully saturated rings. The van der Waals surface area contributed by atoms with Crippen molar-refractivity contribution in [1.82, 2.24) is 9.97 Å². The smallest absolute Gasteiger partial charge is 0.153 e. The van der Waals surface area contributed by atoms with Crippen LogP contribution in [0.4, 0.5) is 13.2 Å². The molecule has 2 aromatic carbocycles. The Morgan fingerprint density at radius 2 is 1.79 bits per heavy atom. The van der Waals surface area contributed by atoms with Gasteiger partial charge in [-0.25, -0.2) is 18.2 Å². The number of aromatic amines is 1. The van der Waals surface area contributed by atoms with Gasteiger partial charge >= 0.3 is 0 Å². The van der Waals surface area contributed by atoms with Gasteiger partial charge in [-0.2, -0.15) is 0 Å². The number of fused-ring (bicyclic) bond motifs is 1. The Morgan fingerprint density at radius 1 is 1.00 bits per heavy atom. The van der Waals surface area contributed by atoms with Crippen LogP contribution in [0.5, 0.6) is 0 Å². The summed E-state index contributed by atoms with van der Waals surface area (Å²) in [4.78, 5) is 6.93. The van der Waals surface area contributed by atoms with Crippen LogP contribution in [0.15, 0.2) is 30.3 Å². The maximum absolute atomic E-state index is 13.6. The quantitative estimate of drug-likeness (QED) is 0.634. The van der Waals surface area contributed by atoms with Crippen LogP contribution in [-0.2, 0) is 0 Å². The highest BCUT2D eigenvalue weighted by atomic mass is 127. The van der Waals surface area contributed by atoms with Crippen molar-refractivity contribution >= 4 is 33.6 Å². The molecule has 0 saturated heterocycles. The fourth-order valence-corrected chi connectivity index (χ4v) is 2.58. The van der Waals surface area contributed by atoms with Gasteiger partial charge in [0.15, 0.2) is 5.82 Å². The number of benzene rings is 2. The molecule has 19 heavy (non-hydrogen) atoms. The molecule has 0 saturated carbocycles. The highest BCUT2D eigenvalue weighted by molar-refractivity contribution is 14.1. The fourth-order valence-electron chi connectivity index (χ4n) is 1.85. The van der Waals surface area contributed by atoms with Crippen LogP contribution in [-0.4, -0.2) is 9.97 Å². The van der Waals surface area contributed by atoms with Crippen LogP contribution in [0.2, 0.25) is 0 Å². The molecule has 6 heteroatoms. The highest BCUT2D eigenvalue weighted by Crippen LogP contribution is 2.27. The number of rotatable bonds is 1. The van der Waals surface area contributed by atoms with Crippen molar-refractivity contribution in [3.05, 3.63) is 51.4 Å². The minimum Gasteiger partial charge on any atom is -0.338 e. The van der Waals surface area contributed by atoms with Crippen LogP contribution in [0, 0.1) is 21.0 Å². The Bertz CT molecular complexity index is 783. The van der Waals surface area contributed by atoms with Crippen LogP contribution >= 0.6 is 22.6 Å². The Labute approximate surface area is 119 Å². The second-order valence-corrected chi connectivity index (χ2v) is 5.16. The minimum absolute atomic E-state index is 0.0662. The summed E-state index contributed by atoms with van der Waals surface area (Å²) in [6, 6.07) is 6.14. The average molecular weight is 374 g/mol. The van der Waals surface area contributed by atoms with Crippen molar-refractivity contribution in [2.75, 3.05) is 0 Å². The van der Waals surface area contributed by atoms with Gasteiger partial charge in [-0.3, -0.25) is 0 Å². The average Bonchev–Trinajstić information content (AvgIpc) is 2.72. The Morgan fingerprint density at radius 3 is 2.53 bits per heavy atom. The zero-order valence-electron chi connectivity index (χ0n) is 9.35. The maximum atomic E-state index is 13.6. The van der Waals surface area contributed by atoms with E-state index >= 15 is 0 Å². The van der Waals surface area contributed by atoms with Gasteiger partial charge in [0.2, 0.25) is 0 Å². The monoisotopic (exact) mass is 374 g/mol. The van der Waals surface area contributed by atoms with Crippen molar-refractivity contribution in [3.8, 4) is 11.4 Å². The number of imidazole rings is 1. The third-order valence-electron chi connectivity index (χ3n) is 2.69. The summed E-state index contributed by atoms with van der Waals surface area (Å²) in [6.45, 7) is 0. The first-order valence-corrected chi connectivity index (χ1v) is 6.42. The van der Waals surface area contributed by atoms with Crippen molar-refractivity contribution in [1.29, 1.82) is 0 Å². The summed E-state index contributed by atoms with van der Waals surface area (Å²) in [7, 11) is 0. The van der Waals surface area contributed by atoms with Crippen molar-refractivity contribution in [2.24, 2.45) is 0 Å². The van der Waals surface area contributed by atoms with E-state index in [2.05, 4.69) is 9.97 Å². The number of nitrogens with one attached hydrogen (secondary N) is 1. The summed E-state index contributed by atoms with van der Waals surface area (Å²) >= 11 is 1.96. The topological polar surface area (TPSA) is 28.7 Å². The molecule has 1 heterocycles. The molecule has 0 aliphatic rings. The number of hydrogen-bond donors (Lipinski definition) is 1. The zero-order valence-corrected chi connectivity index (χ0v) is 11.5. The third-order valence-corrected chi connectivity index (χ3v) is 3.58. The molecule has 2 nitrogen and oxygen atoms in total. The van der Waals surface area contributed by atoms with Crippen molar-refractivity contribution in [3.63, 3.8) is 0 Å². The largest absolute Gasteiger partial charge is 0.338 e. The lowest BCUT2D eigenvalue weighted by atomic mass is 10.2. The van der Waals surface area contributed by atoms with E-state index in [1.54, 1.807) is 6.07 Å². The number of halogens is 4. The molecule has 0 spiro atoms. The van der Waals surface area contributed by atoms with Gasteiger partial charge in [0.05, 0.1) is 5.52 Å². The van der Waals surface area contributed by atoms with E-state index in [1.807, 2.05) is 22.6 Å². The molecular weight excluding hydrogens is 368 g/mol. The highest BCUT2D eigenvalue weighted by Gasteiger charge is 2.13. The van der Waals surface area contributed by atoms with Crippen LogP contribution < -0.4 is 0 Å². The van der Waals surface area contributed by atoms with E-state index in [9.17, 15) is 13.2 Å². The predicted octanol–water partition coefficient (Wildman–Crippen LogP) is 4.25. The third kappa shape index (κ3) is 2.20. The summed E-state index contributed by atoms with van der Waals surface area (Å²) in [6.07, 6.45) is 0. The molecule has 1 N–H and O–H groups in total. The first-order valence-electron chi connectivity index (χ1n) is 5.35. The molecule has 0 bridgehead atoms. The second kappa shape index (κ2) is 4.52. The molecule has 0 atom stereocenters. The van der Waals surface area contributed by atoms with Gasteiger partial charge in [-0.1, -0.05) is 0 Å². The number of H-pyrrole nitrogens is 1. The van der Waals surface area contributed by atoms with E-state index in [-0.39, 0.29) is 16.9 Å².